The van der Waals surface area contributed by atoms with Crippen LogP contribution in [-0.4, -0.2) is 0 Å². The van der Waals surface area contributed by atoms with Crippen LogP contribution >= 0.6 is 0 Å². The van der Waals surface area contributed by atoms with Crippen molar-refractivity contribution in [1.29, 1.82) is 0 Å². The molecule has 0 saturated heterocycles. The zero-order chi connectivity index (χ0) is 17.2. The second kappa shape index (κ2) is 6.81. The van der Waals surface area contributed by atoms with Crippen molar-refractivity contribution >= 4 is 0 Å². The Labute approximate surface area is 146 Å². The molecule has 0 amide bonds. The standard InChI is InChI=1S/C24H28/c1-18(2)20-15-16-24(23(17-20)19(3)4,21-11-7-5-8-12-21)22-13-9-6-10-14-22/h5-15,17-19H,16H2,1-4H3. The summed E-state index contributed by atoms with van der Waals surface area (Å²) in [5.74, 6) is 1.08. The van der Waals surface area contributed by atoms with Crippen molar-refractivity contribution in [2.45, 2.75) is 39.5 Å². The molecule has 0 bridgehead atoms. The Balaban J connectivity index is 2.25. The molecule has 0 nitrogen and oxygen atoms in total. The highest BCUT2D eigenvalue weighted by Crippen LogP contribution is 2.48. The van der Waals surface area contributed by atoms with Gasteiger partial charge in [-0.2, -0.15) is 0 Å². The number of hydrogen-bond donors (Lipinski definition) is 0. The first-order valence-electron chi connectivity index (χ1n) is 9.09. The summed E-state index contributed by atoms with van der Waals surface area (Å²) in [6.07, 6.45) is 5.97. The van der Waals surface area contributed by atoms with E-state index < -0.39 is 0 Å². The second-order valence-corrected chi connectivity index (χ2v) is 7.45. The minimum Gasteiger partial charge on any atom is -0.0795 e. The Hall–Kier alpha value is -2.08. The third-order valence-electron chi connectivity index (χ3n) is 5.28. The molecule has 0 radical (unpaired) electrons. The van der Waals surface area contributed by atoms with Gasteiger partial charge in [0.1, 0.15) is 0 Å². The Morgan fingerprint density at radius 3 is 1.62 bits per heavy atom. The van der Waals surface area contributed by atoms with Gasteiger partial charge in [0, 0.05) is 5.41 Å². The topological polar surface area (TPSA) is 0 Å². The highest BCUT2D eigenvalue weighted by Gasteiger charge is 2.40. The van der Waals surface area contributed by atoms with Crippen LogP contribution in [0.5, 0.6) is 0 Å². The number of benzene rings is 2. The third kappa shape index (κ3) is 2.86. The van der Waals surface area contributed by atoms with Crippen molar-refractivity contribution in [2.75, 3.05) is 0 Å². The van der Waals surface area contributed by atoms with Gasteiger partial charge < -0.3 is 0 Å². The van der Waals surface area contributed by atoms with Crippen LogP contribution in [0.1, 0.15) is 45.2 Å². The average molecular weight is 316 g/mol. The Kier molecular flexibility index (Phi) is 4.76. The SMILES string of the molecule is CC(C)C1=CCC(c2ccccc2)(c2ccccc2)C(C(C)C)=C1. The molecule has 2 aromatic rings. The smallest absolute Gasteiger partial charge is 0.0451 e. The van der Waals surface area contributed by atoms with E-state index in [9.17, 15) is 0 Å². The molecule has 1 aliphatic rings. The maximum atomic E-state index is 2.47. The summed E-state index contributed by atoms with van der Waals surface area (Å²) < 4.78 is 0. The van der Waals surface area contributed by atoms with E-state index in [1.165, 1.54) is 22.3 Å². The fourth-order valence-electron chi connectivity index (χ4n) is 3.99. The van der Waals surface area contributed by atoms with E-state index in [2.05, 4.69) is 101 Å². The largest absolute Gasteiger partial charge is 0.0795 e. The Morgan fingerprint density at radius 1 is 0.708 bits per heavy atom. The normalized spacial score (nSPS) is 16.9. The van der Waals surface area contributed by atoms with E-state index in [0.717, 1.165) is 6.42 Å². The van der Waals surface area contributed by atoms with Crippen LogP contribution in [0.15, 0.2) is 84.0 Å². The molecule has 1 aliphatic carbocycles. The first kappa shape index (κ1) is 16.8. The van der Waals surface area contributed by atoms with E-state index in [0.29, 0.717) is 11.8 Å². The van der Waals surface area contributed by atoms with Crippen molar-refractivity contribution in [2.24, 2.45) is 11.8 Å². The van der Waals surface area contributed by atoms with Gasteiger partial charge in [-0.3, -0.25) is 0 Å². The van der Waals surface area contributed by atoms with E-state index in [1.807, 2.05) is 0 Å². The Bertz CT molecular complexity index is 691. The summed E-state index contributed by atoms with van der Waals surface area (Å²) >= 11 is 0. The molecule has 0 fully saturated rings. The maximum Gasteiger partial charge on any atom is 0.0451 e. The van der Waals surface area contributed by atoms with Crippen LogP contribution in [-0.2, 0) is 5.41 Å². The van der Waals surface area contributed by atoms with Crippen LogP contribution in [0.25, 0.3) is 0 Å². The lowest BCUT2D eigenvalue weighted by Crippen LogP contribution is -2.34. The van der Waals surface area contributed by atoms with Crippen LogP contribution in [0.3, 0.4) is 0 Å². The summed E-state index contributed by atoms with van der Waals surface area (Å²) in [5, 5.41) is 0. The van der Waals surface area contributed by atoms with Gasteiger partial charge in [-0.25, -0.2) is 0 Å². The molecule has 0 heterocycles. The molecule has 0 atom stereocenters. The van der Waals surface area contributed by atoms with Gasteiger partial charge in [0.15, 0.2) is 0 Å². The first-order chi connectivity index (χ1) is 11.6. The highest BCUT2D eigenvalue weighted by molar-refractivity contribution is 5.54. The van der Waals surface area contributed by atoms with Crippen molar-refractivity contribution < 1.29 is 0 Å². The van der Waals surface area contributed by atoms with Crippen LogP contribution in [0, 0.1) is 11.8 Å². The lowest BCUT2D eigenvalue weighted by Gasteiger charge is -2.42. The second-order valence-electron chi connectivity index (χ2n) is 7.45. The molecule has 0 N–H and O–H groups in total. The summed E-state index contributed by atoms with van der Waals surface area (Å²) in [6.45, 7) is 9.24. The molecule has 0 aromatic heterocycles. The predicted molar refractivity (Wildman–Crippen MR) is 104 cm³/mol. The zero-order valence-electron chi connectivity index (χ0n) is 15.3. The van der Waals surface area contributed by atoms with Gasteiger partial charge in [0.05, 0.1) is 0 Å². The number of hydrogen-bond acceptors (Lipinski definition) is 0. The molecule has 0 aliphatic heterocycles. The molecular weight excluding hydrogens is 288 g/mol. The van der Waals surface area contributed by atoms with E-state index in [4.69, 9.17) is 0 Å². The van der Waals surface area contributed by atoms with Crippen molar-refractivity contribution in [3.05, 3.63) is 95.1 Å². The van der Waals surface area contributed by atoms with Crippen molar-refractivity contribution in [3.8, 4) is 0 Å². The fraction of sp³-hybridized carbons (Fsp3) is 0.333. The van der Waals surface area contributed by atoms with Gasteiger partial charge in [0.2, 0.25) is 0 Å². The van der Waals surface area contributed by atoms with Gasteiger partial charge in [-0.1, -0.05) is 106 Å². The van der Waals surface area contributed by atoms with Crippen molar-refractivity contribution in [3.63, 3.8) is 0 Å². The predicted octanol–water partition coefficient (Wildman–Crippen LogP) is 6.54. The summed E-state index contributed by atoms with van der Waals surface area (Å²) in [6, 6.07) is 22.0. The average Bonchev–Trinajstić information content (AvgIpc) is 2.62. The summed E-state index contributed by atoms with van der Waals surface area (Å²) in [4.78, 5) is 0. The molecule has 0 heteroatoms. The van der Waals surface area contributed by atoms with E-state index >= 15 is 0 Å². The van der Waals surface area contributed by atoms with Crippen molar-refractivity contribution in [1.82, 2.24) is 0 Å². The monoisotopic (exact) mass is 316 g/mol. The molecule has 0 unspecified atom stereocenters. The van der Waals surface area contributed by atoms with Gasteiger partial charge in [-0.15, -0.1) is 0 Å². The Morgan fingerprint density at radius 2 is 1.21 bits per heavy atom. The minimum atomic E-state index is -0.0466. The molecule has 24 heavy (non-hydrogen) atoms. The van der Waals surface area contributed by atoms with Crippen LogP contribution in [0.2, 0.25) is 0 Å². The third-order valence-corrected chi connectivity index (χ3v) is 5.28. The van der Waals surface area contributed by atoms with Crippen LogP contribution < -0.4 is 0 Å². The zero-order valence-corrected chi connectivity index (χ0v) is 15.3. The van der Waals surface area contributed by atoms with Gasteiger partial charge in [-0.05, 0) is 35.0 Å². The molecule has 0 spiro atoms. The molecule has 3 rings (SSSR count). The molecular formula is C24H28. The quantitative estimate of drug-likeness (QED) is 0.600. The first-order valence-corrected chi connectivity index (χ1v) is 9.09. The lowest BCUT2D eigenvalue weighted by molar-refractivity contribution is 0.521. The molecule has 2 aromatic carbocycles. The maximum absolute atomic E-state index is 2.47. The van der Waals surface area contributed by atoms with E-state index in [1.54, 1.807) is 0 Å². The van der Waals surface area contributed by atoms with Crippen LogP contribution in [0.4, 0.5) is 0 Å². The fourth-order valence-corrected chi connectivity index (χ4v) is 3.99. The highest BCUT2D eigenvalue weighted by atomic mass is 14.4. The molecule has 0 saturated carbocycles. The van der Waals surface area contributed by atoms with E-state index in [-0.39, 0.29) is 5.41 Å². The summed E-state index contributed by atoms with van der Waals surface area (Å²) in [5.41, 5.74) is 5.76. The number of allylic oxidation sites excluding steroid dienone is 4. The lowest BCUT2D eigenvalue weighted by atomic mass is 9.61. The van der Waals surface area contributed by atoms with Gasteiger partial charge >= 0.3 is 0 Å². The molecule has 124 valence electrons. The minimum absolute atomic E-state index is 0.0466. The number of rotatable bonds is 4. The summed E-state index contributed by atoms with van der Waals surface area (Å²) in [7, 11) is 0. The van der Waals surface area contributed by atoms with Gasteiger partial charge in [0.25, 0.3) is 0 Å².